The number of rotatable bonds is 4. The Labute approximate surface area is 99.4 Å². The molecule has 1 aromatic rings. The number of hydrogen-bond acceptors (Lipinski definition) is 4. The van der Waals surface area contributed by atoms with Crippen LogP contribution in [0.25, 0.3) is 0 Å². The van der Waals surface area contributed by atoms with E-state index in [2.05, 4.69) is 9.71 Å². The van der Waals surface area contributed by atoms with Crippen LogP contribution in [0.5, 0.6) is 5.88 Å². The van der Waals surface area contributed by atoms with Gasteiger partial charge in [-0.15, -0.1) is 0 Å². The maximum atomic E-state index is 11.5. The van der Waals surface area contributed by atoms with Crippen LogP contribution in [0.4, 0.5) is 5.69 Å². The number of ether oxygens (including phenoxy) is 1. The van der Waals surface area contributed by atoms with Crippen molar-refractivity contribution in [3.8, 4) is 5.88 Å². The lowest BCUT2D eigenvalue weighted by atomic mass is 10.4. The molecule has 0 amide bonds. The van der Waals surface area contributed by atoms with E-state index in [0.29, 0.717) is 5.69 Å². The third-order valence-electron chi connectivity index (χ3n) is 1.71. The average molecular weight is 266 g/mol. The molecule has 0 radical (unpaired) electrons. The SMILES string of the molecule is COc1cc(NS(=O)(=O)N(C)C)cc(Cl)n1. The van der Waals surface area contributed by atoms with Gasteiger partial charge in [-0.1, -0.05) is 11.6 Å². The van der Waals surface area contributed by atoms with E-state index in [0.717, 1.165) is 4.31 Å². The van der Waals surface area contributed by atoms with Crippen molar-refractivity contribution >= 4 is 27.5 Å². The van der Waals surface area contributed by atoms with E-state index in [1.165, 1.54) is 33.3 Å². The zero-order chi connectivity index (χ0) is 12.3. The molecule has 0 unspecified atom stereocenters. The topological polar surface area (TPSA) is 71.5 Å². The normalized spacial score (nSPS) is 11.6. The van der Waals surface area contributed by atoms with Crippen molar-refractivity contribution in [1.29, 1.82) is 0 Å². The Balaban J connectivity index is 3.02. The Hall–Kier alpha value is -1.05. The van der Waals surface area contributed by atoms with Gasteiger partial charge >= 0.3 is 10.2 Å². The highest BCUT2D eigenvalue weighted by Gasteiger charge is 2.14. The second-order valence-electron chi connectivity index (χ2n) is 3.11. The van der Waals surface area contributed by atoms with Crippen LogP contribution < -0.4 is 9.46 Å². The molecule has 0 aliphatic rings. The number of hydrogen-bond donors (Lipinski definition) is 1. The maximum absolute atomic E-state index is 11.5. The highest BCUT2D eigenvalue weighted by Crippen LogP contribution is 2.21. The summed E-state index contributed by atoms with van der Waals surface area (Å²) in [5.41, 5.74) is 0.297. The van der Waals surface area contributed by atoms with Crippen LogP contribution >= 0.6 is 11.6 Å². The first-order chi connectivity index (χ1) is 7.35. The van der Waals surface area contributed by atoms with Gasteiger partial charge in [0.1, 0.15) is 5.15 Å². The van der Waals surface area contributed by atoms with E-state index in [1.807, 2.05) is 0 Å². The average Bonchev–Trinajstić information content (AvgIpc) is 2.15. The minimum absolute atomic E-state index is 0.149. The second kappa shape index (κ2) is 4.86. The van der Waals surface area contributed by atoms with Gasteiger partial charge in [-0.2, -0.15) is 12.7 Å². The van der Waals surface area contributed by atoms with Crippen molar-refractivity contribution in [3.05, 3.63) is 17.3 Å². The molecule has 0 atom stereocenters. The van der Waals surface area contributed by atoms with Crippen LogP contribution in [0, 0.1) is 0 Å². The molecular formula is C8H12ClN3O3S. The lowest BCUT2D eigenvalue weighted by molar-refractivity contribution is 0.398. The summed E-state index contributed by atoms with van der Waals surface area (Å²) in [6, 6.07) is 2.83. The first-order valence-electron chi connectivity index (χ1n) is 4.27. The molecule has 0 aromatic carbocycles. The second-order valence-corrected chi connectivity index (χ2v) is 5.38. The molecule has 0 aliphatic heterocycles. The van der Waals surface area contributed by atoms with Crippen LogP contribution in [0.2, 0.25) is 5.15 Å². The Morgan fingerprint density at radius 1 is 1.44 bits per heavy atom. The molecule has 0 bridgehead atoms. The first kappa shape index (κ1) is 13.0. The van der Waals surface area contributed by atoms with Gasteiger partial charge in [0.15, 0.2) is 0 Å². The highest BCUT2D eigenvalue weighted by molar-refractivity contribution is 7.90. The minimum Gasteiger partial charge on any atom is -0.481 e. The third kappa shape index (κ3) is 3.22. The fraction of sp³-hybridized carbons (Fsp3) is 0.375. The van der Waals surface area contributed by atoms with Crippen molar-refractivity contribution in [2.45, 2.75) is 0 Å². The van der Waals surface area contributed by atoms with Gasteiger partial charge < -0.3 is 4.74 Å². The summed E-state index contributed by atoms with van der Waals surface area (Å²) in [6.45, 7) is 0. The lowest BCUT2D eigenvalue weighted by Gasteiger charge is -2.13. The summed E-state index contributed by atoms with van der Waals surface area (Å²) in [5.74, 6) is 0.240. The first-order valence-corrected chi connectivity index (χ1v) is 6.09. The molecule has 8 heteroatoms. The van der Waals surface area contributed by atoms with E-state index in [4.69, 9.17) is 16.3 Å². The number of nitrogens with zero attached hydrogens (tertiary/aromatic N) is 2. The van der Waals surface area contributed by atoms with E-state index < -0.39 is 10.2 Å². The van der Waals surface area contributed by atoms with Crippen molar-refractivity contribution in [3.63, 3.8) is 0 Å². The molecule has 1 heterocycles. The number of halogens is 1. The number of pyridine rings is 1. The van der Waals surface area contributed by atoms with Gasteiger partial charge in [0.25, 0.3) is 0 Å². The summed E-state index contributed by atoms with van der Waals surface area (Å²) in [7, 11) is 0.706. The summed E-state index contributed by atoms with van der Waals surface area (Å²) < 4.78 is 31.3. The molecule has 1 rings (SSSR count). The molecule has 1 N–H and O–H groups in total. The molecule has 16 heavy (non-hydrogen) atoms. The predicted molar refractivity (Wildman–Crippen MR) is 62.0 cm³/mol. The number of anilines is 1. The third-order valence-corrected chi connectivity index (χ3v) is 3.36. The van der Waals surface area contributed by atoms with E-state index in [-0.39, 0.29) is 11.0 Å². The molecule has 1 aromatic heterocycles. The summed E-state index contributed by atoms with van der Waals surface area (Å²) in [6.07, 6.45) is 0. The van der Waals surface area contributed by atoms with Crippen molar-refractivity contribution < 1.29 is 13.2 Å². The zero-order valence-corrected chi connectivity index (χ0v) is 10.6. The summed E-state index contributed by atoms with van der Waals surface area (Å²) in [5, 5.41) is 0.149. The minimum atomic E-state index is -3.55. The number of aromatic nitrogens is 1. The fourth-order valence-corrected chi connectivity index (χ4v) is 1.68. The summed E-state index contributed by atoms with van der Waals surface area (Å²) >= 11 is 5.70. The van der Waals surface area contributed by atoms with Gasteiger partial charge in [0.2, 0.25) is 5.88 Å². The predicted octanol–water partition coefficient (Wildman–Crippen LogP) is 0.962. The standard InChI is InChI=1S/C8H12ClN3O3S/c1-12(2)16(13,14)11-6-4-7(9)10-8(5-6)15-3/h4-5H,1-3H3,(H,10,11). The Kier molecular flexibility index (Phi) is 3.95. The van der Waals surface area contributed by atoms with Gasteiger partial charge in [-0.05, 0) is 6.07 Å². The fourth-order valence-electron chi connectivity index (χ4n) is 0.877. The quantitative estimate of drug-likeness (QED) is 0.823. The van der Waals surface area contributed by atoms with E-state index in [1.54, 1.807) is 0 Å². The van der Waals surface area contributed by atoms with E-state index in [9.17, 15) is 8.42 Å². The largest absolute Gasteiger partial charge is 0.481 e. The van der Waals surface area contributed by atoms with Crippen LogP contribution in [0.1, 0.15) is 0 Å². The summed E-state index contributed by atoms with van der Waals surface area (Å²) in [4.78, 5) is 3.82. The molecule has 0 aliphatic carbocycles. The smallest absolute Gasteiger partial charge is 0.301 e. The molecular weight excluding hydrogens is 254 g/mol. The molecule has 6 nitrogen and oxygen atoms in total. The molecule has 0 fully saturated rings. The van der Waals surface area contributed by atoms with Crippen LogP contribution in [-0.2, 0) is 10.2 Å². The zero-order valence-electron chi connectivity index (χ0n) is 9.06. The Bertz CT molecular complexity index is 475. The van der Waals surface area contributed by atoms with Crippen molar-refractivity contribution in [2.75, 3.05) is 25.9 Å². The van der Waals surface area contributed by atoms with Crippen LogP contribution in [-0.4, -0.2) is 38.9 Å². The lowest BCUT2D eigenvalue weighted by Crippen LogP contribution is -2.28. The van der Waals surface area contributed by atoms with E-state index >= 15 is 0 Å². The molecule has 0 saturated carbocycles. The molecule has 90 valence electrons. The van der Waals surface area contributed by atoms with Crippen LogP contribution in [0.3, 0.4) is 0 Å². The van der Waals surface area contributed by atoms with Gasteiger partial charge in [0.05, 0.1) is 12.8 Å². The molecule has 0 saturated heterocycles. The van der Waals surface area contributed by atoms with Crippen LogP contribution in [0.15, 0.2) is 12.1 Å². The molecule has 0 spiro atoms. The monoisotopic (exact) mass is 265 g/mol. The number of methoxy groups -OCH3 is 1. The highest BCUT2D eigenvalue weighted by atomic mass is 35.5. The van der Waals surface area contributed by atoms with Gasteiger partial charge in [-0.3, -0.25) is 4.72 Å². The van der Waals surface area contributed by atoms with Gasteiger partial charge in [0, 0.05) is 20.2 Å². The number of nitrogens with one attached hydrogen (secondary N) is 1. The van der Waals surface area contributed by atoms with Crippen molar-refractivity contribution in [2.24, 2.45) is 0 Å². The van der Waals surface area contributed by atoms with Gasteiger partial charge in [-0.25, -0.2) is 4.98 Å². The van der Waals surface area contributed by atoms with Crippen molar-refractivity contribution in [1.82, 2.24) is 9.29 Å². The maximum Gasteiger partial charge on any atom is 0.301 e. The Morgan fingerprint density at radius 2 is 2.06 bits per heavy atom. The Morgan fingerprint density at radius 3 is 2.56 bits per heavy atom.